The highest BCUT2D eigenvalue weighted by Crippen LogP contribution is 2.35. The van der Waals surface area contributed by atoms with Gasteiger partial charge in [-0.1, -0.05) is 47.1 Å². The molecule has 4 nitrogen and oxygen atoms in total. The summed E-state index contributed by atoms with van der Waals surface area (Å²) in [7, 11) is 0. The lowest BCUT2D eigenvalue weighted by Crippen LogP contribution is -2.01. The summed E-state index contributed by atoms with van der Waals surface area (Å²) < 4.78 is 1.94. The fraction of sp³-hybridized carbons (Fsp3) is 0.235. The molecule has 3 aromatic rings. The Hall–Kier alpha value is -2.20. The number of fused-ring (bicyclic) bond motifs is 1. The van der Waals surface area contributed by atoms with Crippen molar-refractivity contribution in [3.8, 4) is 11.1 Å². The number of aldehydes is 1. The highest BCUT2D eigenvalue weighted by molar-refractivity contribution is 6.37. The lowest BCUT2D eigenvalue weighted by atomic mass is 10.0. The van der Waals surface area contributed by atoms with Gasteiger partial charge in [0.1, 0.15) is 11.8 Å². The van der Waals surface area contributed by atoms with Gasteiger partial charge in [0, 0.05) is 17.7 Å². The first-order valence-corrected chi connectivity index (χ1v) is 7.71. The molecule has 1 fully saturated rings. The van der Waals surface area contributed by atoms with Gasteiger partial charge in [0.15, 0.2) is 0 Å². The molecule has 0 amide bonds. The molecule has 4 rings (SSSR count). The van der Waals surface area contributed by atoms with Crippen molar-refractivity contribution in [2.45, 2.75) is 19.4 Å². The standard InChI is InChI=1S/C17H14ClN3O/c18-16-14(13-5-3-12(10-22)4-6-13)7-8-15-17(16)19-20-21(15)9-11-1-2-11/h3-8,10-11H,1-2,9H2. The van der Waals surface area contributed by atoms with Crippen LogP contribution in [0.3, 0.4) is 0 Å². The summed E-state index contributed by atoms with van der Waals surface area (Å²) in [5, 5.41) is 9.09. The maximum absolute atomic E-state index is 10.7. The largest absolute Gasteiger partial charge is 0.298 e. The lowest BCUT2D eigenvalue weighted by Gasteiger charge is -2.06. The maximum Gasteiger partial charge on any atom is 0.150 e. The van der Waals surface area contributed by atoms with Gasteiger partial charge in [-0.3, -0.25) is 4.79 Å². The molecule has 2 aromatic carbocycles. The van der Waals surface area contributed by atoms with Gasteiger partial charge < -0.3 is 0 Å². The summed E-state index contributed by atoms with van der Waals surface area (Å²) in [5.41, 5.74) is 4.24. The van der Waals surface area contributed by atoms with E-state index in [-0.39, 0.29) is 0 Å². The number of hydrogen-bond acceptors (Lipinski definition) is 3. The second-order valence-electron chi connectivity index (χ2n) is 5.75. The normalized spacial score (nSPS) is 14.4. The molecule has 5 heteroatoms. The Bertz CT molecular complexity index is 850. The van der Waals surface area contributed by atoms with Crippen molar-refractivity contribution in [3.63, 3.8) is 0 Å². The van der Waals surface area contributed by atoms with Crippen LogP contribution < -0.4 is 0 Å². The molecule has 22 heavy (non-hydrogen) atoms. The molecule has 1 saturated carbocycles. The van der Waals surface area contributed by atoms with Crippen molar-refractivity contribution in [3.05, 3.63) is 47.0 Å². The molecule has 110 valence electrons. The summed E-state index contributed by atoms with van der Waals surface area (Å²) in [5.74, 6) is 0.735. The predicted octanol–water partition coefficient (Wildman–Crippen LogP) is 3.97. The smallest absolute Gasteiger partial charge is 0.150 e. The van der Waals surface area contributed by atoms with Crippen molar-refractivity contribution in [1.82, 2.24) is 15.0 Å². The summed E-state index contributed by atoms with van der Waals surface area (Å²) in [6.07, 6.45) is 3.38. The van der Waals surface area contributed by atoms with Crippen LogP contribution in [-0.4, -0.2) is 21.3 Å². The Morgan fingerprint density at radius 1 is 1.18 bits per heavy atom. The van der Waals surface area contributed by atoms with Crippen LogP contribution in [0.1, 0.15) is 23.2 Å². The van der Waals surface area contributed by atoms with Gasteiger partial charge in [-0.25, -0.2) is 4.68 Å². The van der Waals surface area contributed by atoms with E-state index in [1.54, 1.807) is 12.1 Å². The van der Waals surface area contributed by atoms with Crippen LogP contribution >= 0.6 is 11.6 Å². The number of rotatable bonds is 4. The van der Waals surface area contributed by atoms with E-state index in [1.807, 2.05) is 28.9 Å². The molecule has 0 saturated heterocycles. The highest BCUT2D eigenvalue weighted by atomic mass is 35.5. The average molecular weight is 312 g/mol. The summed E-state index contributed by atoms with van der Waals surface area (Å²) in [6.45, 7) is 0.917. The second-order valence-corrected chi connectivity index (χ2v) is 6.13. The number of halogens is 1. The first kappa shape index (κ1) is 13.5. The van der Waals surface area contributed by atoms with E-state index in [4.69, 9.17) is 11.6 Å². The van der Waals surface area contributed by atoms with Crippen molar-refractivity contribution in [2.24, 2.45) is 5.92 Å². The Morgan fingerprint density at radius 3 is 2.64 bits per heavy atom. The van der Waals surface area contributed by atoms with Gasteiger partial charge in [-0.15, -0.1) is 5.10 Å². The molecule has 0 N–H and O–H groups in total. The van der Waals surface area contributed by atoms with Crippen LogP contribution in [-0.2, 0) is 6.54 Å². The van der Waals surface area contributed by atoms with Crippen LogP contribution in [0.5, 0.6) is 0 Å². The molecule has 0 aliphatic heterocycles. The van der Waals surface area contributed by atoms with Crippen molar-refractivity contribution >= 4 is 28.9 Å². The third kappa shape index (κ3) is 2.29. The first-order valence-electron chi connectivity index (χ1n) is 7.33. The molecule has 1 aliphatic carbocycles. The second kappa shape index (κ2) is 5.21. The molecule has 1 aliphatic rings. The Kier molecular flexibility index (Phi) is 3.19. The zero-order valence-corrected chi connectivity index (χ0v) is 12.6. The van der Waals surface area contributed by atoms with Crippen molar-refractivity contribution < 1.29 is 4.79 Å². The van der Waals surface area contributed by atoms with Crippen LogP contribution in [0.15, 0.2) is 36.4 Å². The van der Waals surface area contributed by atoms with Crippen molar-refractivity contribution in [1.29, 1.82) is 0 Å². The molecule has 0 bridgehead atoms. The van der Waals surface area contributed by atoms with E-state index in [1.165, 1.54) is 12.8 Å². The Morgan fingerprint density at radius 2 is 1.95 bits per heavy atom. The molecule has 1 aromatic heterocycles. The van der Waals surface area contributed by atoms with E-state index in [0.29, 0.717) is 10.6 Å². The zero-order valence-electron chi connectivity index (χ0n) is 11.9. The number of nitrogens with zero attached hydrogens (tertiary/aromatic N) is 3. The Balaban J connectivity index is 1.77. The maximum atomic E-state index is 10.7. The fourth-order valence-corrected chi connectivity index (χ4v) is 2.96. The lowest BCUT2D eigenvalue weighted by molar-refractivity contribution is 0.112. The van der Waals surface area contributed by atoms with E-state index < -0.39 is 0 Å². The molecular formula is C17H14ClN3O. The third-order valence-corrected chi connectivity index (χ3v) is 4.49. The quantitative estimate of drug-likeness (QED) is 0.685. The number of carbonyl (C=O) groups is 1. The van der Waals surface area contributed by atoms with Gasteiger partial charge in [-0.2, -0.15) is 0 Å². The monoisotopic (exact) mass is 311 g/mol. The van der Waals surface area contributed by atoms with E-state index in [9.17, 15) is 4.79 Å². The number of benzene rings is 2. The predicted molar refractivity (Wildman–Crippen MR) is 86.1 cm³/mol. The summed E-state index contributed by atoms with van der Waals surface area (Å²) in [4.78, 5) is 10.7. The van der Waals surface area contributed by atoms with Gasteiger partial charge in [-0.05, 0) is 30.4 Å². The highest BCUT2D eigenvalue weighted by Gasteiger charge is 2.23. The topological polar surface area (TPSA) is 47.8 Å². The molecular weight excluding hydrogens is 298 g/mol. The molecule has 0 atom stereocenters. The van der Waals surface area contributed by atoms with Crippen molar-refractivity contribution in [2.75, 3.05) is 0 Å². The van der Waals surface area contributed by atoms with E-state index in [0.717, 1.165) is 40.9 Å². The Labute approximate surface area is 132 Å². The van der Waals surface area contributed by atoms with Crippen LogP contribution in [0.2, 0.25) is 5.02 Å². The average Bonchev–Trinajstić information content (AvgIpc) is 3.27. The van der Waals surface area contributed by atoms with E-state index in [2.05, 4.69) is 10.3 Å². The number of carbonyl (C=O) groups excluding carboxylic acids is 1. The molecule has 1 heterocycles. The number of aromatic nitrogens is 3. The molecule has 0 unspecified atom stereocenters. The third-order valence-electron chi connectivity index (χ3n) is 4.11. The minimum atomic E-state index is 0.610. The van der Waals surface area contributed by atoms with Crippen LogP contribution in [0.4, 0.5) is 0 Å². The number of hydrogen-bond donors (Lipinski definition) is 0. The van der Waals surface area contributed by atoms with Gasteiger partial charge >= 0.3 is 0 Å². The zero-order chi connectivity index (χ0) is 15.1. The minimum absolute atomic E-state index is 0.610. The van der Waals surface area contributed by atoms with E-state index >= 15 is 0 Å². The minimum Gasteiger partial charge on any atom is -0.298 e. The van der Waals surface area contributed by atoms with Crippen LogP contribution in [0, 0.1) is 5.92 Å². The first-order chi connectivity index (χ1) is 10.8. The summed E-state index contributed by atoms with van der Waals surface area (Å²) >= 11 is 6.53. The van der Waals surface area contributed by atoms with Gasteiger partial charge in [0.05, 0.1) is 10.5 Å². The fourth-order valence-electron chi connectivity index (χ4n) is 2.65. The molecule has 0 radical (unpaired) electrons. The SMILES string of the molecule is O=Cc1ccc(-c2ccc3c(nnn3CC3CC3)c2Cl)cc1. The molecule has 0 spiro atoms. The van der Waals surface area contributed by atoms with Crippen LogP contribution in [0.25, 0.3) is 22.2 Å². The van der Waals surface area contributed by atoms with Gasteiger partial charge in [0.25, 0.3) is 0 Å². The summed E-state index contributed by atoms with van der Waals surface area (Å²) in [6, 6.07) is 11.4. The van der Waals surface area contributed by atoms with Gasteiger partial charge in [0.2, 0.25) is 0 Å².